The Hall–Kier alpha value is -2.50. The van der Waals surface area contributed by atoms with Crippen LogP contribution in [0.1, 0.15) is 57.9 Å². The van der Waals surface area contributed by atoms with E-state index in [2.05, 4.69) is 46.0 Å². The number of alkyl halides is 3. The lowest BCUT2D eigenvalue weighted by Crippen LogP contribution is -2.36. The minimum absolute atomic E-state index is 0.108. The molecule has 0 radical (unpaired) electrons. The molecule has 3 aromatic rings. The monoisotopic (exact) mass is 417 g/mol. The summed E-state index contributed by atoms with van der Waals surface area (Å²) < 4.78 is 41.1. The molecule has 0 aliphatic heterocycles. The van der Waals surface area contributed by atoms with Gasteiger partial charge in [-0.3, -0.25) is 4.40 Å². The van der Waals surface area contributed by atoms with Crippen LogP contribution in [0.2, 0.25) is 0 Å². The zero-order valence-electron chi connectivity index (χ0n) is 18.7. The fourth-order valence-corrected chi connectivity index (χ4v) is 4.36. The summed E-state index contributed by atoms with van der Waals surface area (Å²) >= 11 is 0. The summed E-state index contributed by atoms with van der Waals surface area (Å²) in [5.74, 6) is 0.802. The molecule has 0 aliphatic rings. The molecule has 30 heavy (non-hydrogen) atoms. The molecule has 0 spiro atoms. The van der Waals surface area contributed by atoms with Gasteiger partial charge in [-0.1, -0.05) is 32.9 Å². The van der Waals surface area contributed by atoms with Crippen LogP contribution in [0.25, 0.3) is 16.9 Å². The summed E-state index contributed by atoms with van der Waals surface area (Å²) in [6.07, 6.45) is -3.45. The van der Waals surface area contributed by atoms with Crippen molar-refractivity contribution in [3.05, 3.63) is 53.2 Å². The summed E-state index contributed by atoms with van der Waals surface area (Å²) in [7, 11) is 0. The van der Waals surface area contributed by atoms with E-state index < -0.39 is 11.7 Å². The van der Waals surface area contributed by atoms with Crippen LogP contribution in [-0.4, -0.2) is 14.9 Å². The van der Waals surface area contributed by atoms with Crippen molar-refractivity contribution in [3.8, 4) is 11.3 Å². The van der Waals surface area contributed by atoms with Crippen LogP contribution in [0, 0.1) is 19.3 Å². The quantitative estimate of drug-likeness (QED) is 0.484. The van der Waals surface area contributed by atoms with Gasteiger partial charge in [0.15, 0.2) is 0 Å². The third kappa shape index (κ3) is 4.79. The second-order valence-corrected chi connectivity index (χ2v) is 10.00. The number of anilines is 1. The number of nitrogens with zero attached hydrogens (tertiary/aromatic N) is 2. The van der Waals surface area contributed by atoms with Gasteiger partial charge in [0, 0.05) is 16.8 Å². The van der Waals surface area contributed by atoms with Crippen molar-refractivity contribution in [1.29, 1.82) is 0 Å². The highest BCUT2D eigenvalue weighted by Gasteiger charge is 2.31. The number of benzene rings is 1. The molecule has 0 saturated carbocycles. The molecule has 0 saturated heterocycles. The molecule has 0 amide bonds. The van der Waals surface area contributed by atoms with E-state index in [1.807, 2.05) is 24.3 Å². The first-order chi connectivity index (χ1) is 13.7. The first-order valence-corrected chi connectivity index (χ1v) is 10.1. The first-order valence-electron chi connectivity index (χ1n) is 10.1. The van der Waals surface area contributed by atoms with Gasteiger partial charge < -0.3 is 5.32 Å². The number of rotatable bonds is 4. The second kappa shape index (κ2) is 7.33. The maximum Gasteiger partial charge on any atom is 0.416 e. The molecule has 3 nitrogen and oxygen atoms in total. The van der Waals surface area contributed by atoms with E-state index in [4.69, 9.17) is 4.98 Å². The first kappa shape index (κ1) is 22.2. The summed E-state index contributed by atoms with van der Waals surface area (Å²) in [6, 6.07) is 9.28. The fourth-order valence-electron chi connectivity index (χ4n) is 4.36. The van der Waals surface area contributed by atoms with Crippen molar-refractivity contribution in [2.24, 2.45) is 5.41 Å². The lowest BCUT2D eigenvalue weighted by Gasteiger charge is -2.34. The molecule has 162 valence electrons. The number of aromatic nitrogens is 2. The van der Waals surface area contributed by atoms with Gasteiger partial charge in [-0.05, 0) is 69.4 Å². The summed E-state index contributed by atoms with van der Waals surface area (Å²) in [6.45, 7) is 14.9. The number of halogens is 3. The molecular weight excluding hydrogens is 387 g/mol. The van der Waals surface area contributed by atoms with Crippen LogP contribution in [0.5, 0.6) is 0 Å². The molecule has 2 aromatic heterocycles. The van der Waals surface area contributed by atoms with Crippen molar-refractivity contribution in [2.45, 2.75) is 66.6 Å². The average molecular weight is 418 g/mol. The van der Waals surface area contributed by atoms with E-state index in [1.54, 1.807) is 0 Å². The van der Waals surface area contributed by atoms with Gasteiger partial charge in [-0.25, -0.2) is 4.98 Å². The van der Waals surface area contributed by atoms with E-state index in [0.717, 1.165) is 41.3 Å². The Kier molecular flexibility index (Phi) is 5.42. The topological polar surface area (TPSA) is 29.3 Å². The van der Waals surface area contributed by atoms with E-state index in [1.165, 1.54) is 12.1 Å². The predicted octanol–water partition coefficient (Wildman–Crippen LogP) is 7.26. The Balaban J connectivity index is 2.16. The van der Waals surface area contributed by atoms with Crippen LogP contribution >= 0.6 is 0 Å². The summed E-state index contributed by atoms with van der Waals surface area (Å²) in [5.41, 5.74) is 3.39. The second-order valence-electron chi connectivity index (χ2n) is 10.00. The van der Waals surface area contributed by atoms with Crippen molar-refractivity contribution in [2.75, 3.05) is 5.32 Å². The van der Waals surface area contributed by atoms with Crippen molar-refractivity contribution < 1.29 is 13.2 Å². The lowest BCUT2D eigenvalue weighted by atomic mass is 9.82. The number of fused-ring (bicyclic) bond motifs is 1. The largest absolute Gasteiger partial charge is 0.416 e. The standard InChI is InChI=1S/C24H30F3N3/c1-15-12-16(2)30-19(13-15)28-20(17-8-10-18(11-9-17)24(25,26)27)21(30)29-23(6,7)14-22(3,4)5/h8-13,29H,14H2,1-7H3. The van der Waals surface area contributed by atoms with E-state index >= 15 is 0 Å². The smallest absolute Gasteiger partial charge is 0.364 e. The molecule has 0 bridgehead atoms. The minimum Gasteiger partial charge on any atom is -0.364 e. The van der Waals surface area contributed by atoms with Gasteiger partial charge in [-0.2, -0.15) is 13.2 Å². The molecule has 0 aliphatic carbocycles. The van der Waals surface area contributed by atoms with Gasteiger partial charge >= 0.3 is 6.18 Å². The number of hydrogen-bond acceptors (Lipinski definition) is 2. The van der Waals surface area contributed by atoms with Crippen LogP contribution in [0.15, 0.2) is 36.4 Å². The van der Waals surface area contributed by atoms with Gasteiger partial charge in [0.05, 0.1) is 5.56 Å². The van der Waals surface area contributed by atoms with Crippen molar-refractivity contribution >= 4 is 11.5 Å². The number of hydrogen-bond donors (Lipinski definition) is 1. The van der Waals surface area contributed by atoms with Gasteiger partial charge in [0.1, 0.15) is 17.2 Å². The van der Waals surface area contributed by atoms with Crippen LogP contribution in [0.4, 0.5) is 19.0 Å². The van der Waals surface area contributed by atoms with Crippen LogP contribution in [-0.2, 0) is 6.18 Å². The van der Waals surface area contributed by atoms with Gasteiger partial charge in [0.25, 0.3) is 0 Å². The fraction of sp³-hybridized carbons (Fsp3) is 0.458. The molecular formula is C24H30F3N3. The molecule has 1 N–H and O–H groups in total. The van der Waals surface area contributed by atoms with Gasteiger partial charge in [0.2, 0.25) is 0 Å². The highest BCUT2D eigenvalue weighted by Crippen LogP contribution is 2.37. The Bertz CT molecular complexity index is 1050. The zero-order valence-corrected chi connectivity index (χ0v) is 18.7. The Morgan fingerprint density at radius 2 is 1.53 bits per heavy atom. The average Bonchev–Trinajstić information content (AvgIpc) is 2.89. The molecule has 1 aromatic carbocycles. The van der Waals surface area contributed by atoms with Crippen molar-refractivity contribution in [1.82, 2.24) is 9.38 Å². The maximum atomic E-state index is 13.0. The number of aryl methyl sites for hydroxylation is 2. The van der Waals surface area contributed by atoms with E-state index in [-0.39, 0.29) is 11.0 Å². The highest BCUT2D eigenvalue weighted by molar-refractivity contribution is 5.77. The molecule has 0 atom stereocenters. The number of nitrogens with one attached hydrogen (secondary N) is 1. The van der Waals surface area contributed by atoms with Crippen LogP contribution < -0.4 is 5.32 Å². The zero-order chi connectivity index (χ0) is 22.5. The number of pyridine rings is 1. The normalized spacial score (nSPS) is 13.1. The van der Waals surface area contributed by atoms with E-state index in [0.29, 0.717) is 11.3 Å². The lowest BCUT2D eigenvalue weighted by molar-refractivity contribution is -0.137. The minimum atomic E-state index is -4.36. The van der Waals surface area contributed by atoms with Crippen molar-refractivity contribution in [3.63, 3.8) is 0 Å². The maximum absolute atomic E-state index is 13.0. The Morgan fingerprint density at radius 3 is 2.07 bits per heavy atom. The molecule has 3 rings (SSSR count). The predicted molar refractivity (Wildman–Crippen MR) is 117 cm³/mol. The highest BCUT2D eigenvalue weighted by atomic mass is 19.4. The molecule has 0 unspecified atom stereocenters. The SMILES string of the molecule is Cc1cc(C)n2c(NC(C)(C)CC(C)(C)C)c(-c3ccc(C(F)(F)F)cc3)nc2c1. The van der Waals surface area contributed by atoms with E-state index in [9.17, 15) is 13.2 Å². The summed E-state index contributed by atoms with van der Waals surface area (Å²) in [5, 5.41) is 3.65. The molecule has 2 heterocycles. The van der Waals surface area contributed by atoms with Gasteiger partial charge in [-0.15, -0.1) is 0 Å². The summed E-state index contributed by atoms with van der Waals surface area (Å²) in [4.78, 5) is 4.80. The molecule has 0 fully saturated rings. The third-order valence-electron chi connectivity index (χ3n) is 4.96. The Labute approximate surface area is 176 Å². The molecule has 6 heteroatoms. The number of imidazole rings is 1. The van der Waals surface area contributed by atoms with Crippen LogP contribution in [0.3, 0.4) is 0 Å². The third-order valence-corrected chi connectivity index (χ3v) is 4.96. The Morgan fingerprint density at radius 1 is 0.933 bits per heavy atom.